The number of hydrogen-bond donors (Lipinski definition) is 2. The van der Waals surface area contributed by atoms with Crippen molar-refractivity contribution in [3.8, 4) is 23.0 Å². The molecule has 0 saturated carbocycles. The molecule has 29 heavy (non-hydrogen) atoms. The molecule has 156 valence electrons. The molecule has 2 heterocycles. The highest BCUT2D eigenvalue weighted by Gasteiger charge is 2.34. The third-order valence-electron chi connectivity index (χ3n) is 6.01. The normalized spacial score (nSPS) is 17.9. The number of hydrogen-bond acceptors (Lipinski definition) is 5. The molecule has 0 aromatic heterocycles. The maximum absolute atomic E-state index is 10.5. The quantitative estimate of drug-likeness (QED) is 0.662. The minimum atomic E-state index is 0.221. The summed E-state index contributed by atoms with van der Waals surface area (Å²) in [6.45, 7) is 7.13. The molecule has 5 heteroatoms. The van der Waals surface area contributed by atoms with Crippen molar-refractivity contribution >= 4 is 0 Å². The van der Waals surface area contributed by atoms with E-state index in [4.69, 9.17) is 9.47 Å². The summed E-state index contributed by atoms with van der Waals surface area (Å²) in [4.78, 5) is 2.43. The Balaban J connectivity index is 1.63. The van der Waals surface area contributed by atoms with Gasteiger partial charge in [0.05, 0.1) is 13.2 Å². The summed E-state index contributed by atoms with van der Waals surface area (Å²) in [5.74, 6) is 1.68. The van der Waals surface area contributed by atoms with Crippen molar-refractivity contribution in [1.29, 1.82) is 0 Å². The van der Waals surface area contributed by atoms with Gasteiger partial charge >= 0.3 is 0 Å². The molecule has 0 amide bonds. The molecule has 0 fully saturated rings. The van der Waals surface area contributed by atoms with Crippen LogP contribution in [0.1, 0.15) is 61.4 Å². The highest BCUT2D eigenvalue weighted by atomic mass is 16.5. The second-order valence-electron chi connectivity index (χ2n) is 8.06. The van der Waals surface area contributed by atoms with E-state index >= 15 is 0 Å². The van der Waals surface area contributed by atoms with Crippen LogP contribution >= 0.6 is 0 Å². The van der Waals surface area contributed by atoms with E-state index in [1.54, 1.807) is 6.07 Å². The Hall–Kier alpha value is -2.40. The molecule has 0 unspecified atom stereocenters. The highest BCUT2D eigenvalue weighted by molar-refractivity contribution is 5.54. The van der Waals surface area contributed by atoms with Crippen LogP contribution in [0.3, 0.4) is 0 Å². The SMILES string of the molecule is CCCCOc1c(O)ccc2c1CN1CCc3cc(OCCC)c(O)cc3[C@@H]1C2. The third kappa shape index (κ3) is 3.88. The molecule has 0 spiro atoms. The predicted octanol–water partition coefficient (Wildman–Crippen LogP) is 4.72. The zero-order valence-electron chi connectivity index (χ0n) is 17.4. The Morgan fingerprint density at radius 3 is 2.66 bits per heavy atom. The number of phenolic OH excluding ortho intramolecular Hbond substituents is 2. The van der Waals surface area contributed by atoms with Gasteiger partial charge in [-0.1, -0.05) is 26.3 Å². The van der Waals surface area contributed by atoms with E-state index in [1.165, 1.54) is 16.7 Å². The lowest BCUT2D eigenvalue weighted by atomic mass is 9.83. The van der Waals surface area contributed by atoms with Gasteiger partial charge < -0.3 is 19.7 Å². The third-order valence-corrected chi connectivity index (χ3v) is 6.01. The Kier molecular flexibility index (Phi) is 5.86. The average Bonchev–Trinajstić information content (AvgIpc) is 2.73. The van der Waals surface area contributed by atoms with Crippen LogP contribution in [0.15, 0.2) is 24.3 Å². The predicted molar refractivity (Wildman–Crippen MR) is 113 cm³/mol. The van der Waals surface area contributed by atoms with Crippen LogP contribution in [0.2, 0.25) is 0 Å². The number of unbranched alkanes of at least 4 members (excludes halogenated alkanes) is 1. The van der Waals surface area contributed by atoms with E-state index in [0.29, 0.717) is 24.7 Å². The smallest absolute Gasteiger partial charge is 0.165 e. The molecule has 0 saturated heterocycles. The van der Waals surface area contributed by atoms with Gasteiger partial charge in [0, 0.05) is 24.7 Å². The number of fused-ring (bicyclic) bond motifs is 4. The van der Waals surface area contributed by atoms with Crippen LogP contribution in [0, 0.1) is 0 Å². The van der Waals surface area contributed by atoms with E-state index in [1.807, 2.05) is 18.2 Å². The molecule has 2 N–H and O–H groups in total. The van der Waals surface area contributed by atoms with Crippen LogP contribution in [0.25, 0.3) is 0 Å². The van der Waals surface area contributed by atoms with Crippen molar-refractivity contribution < 1.29 is 19.7 Å². The minimum absolute atomic E-state index is 0.221. The number of nitrogens with zero attached hydrogens (tertiary/aromatic N) is 1. The first-order chi connectivity index (χ1) is 14.1. The van der Waals surface area contributed by atoms with Crippen LogP contribution in [-0.2, 0) is 19.4 Å². The highest BCUT2D eigenvalue weighted by Crippen LogP contribution is 2.45. The standard InChI is InChI=1S/C24H31NO4/c1-3-5-11-29-24-19-15-25-9-8-17-13-23(28-10-4-2)22(27)14-18(17)20(25)12-16(19)6-7-21(24)26/h6-7,13-14,20,26-27H,3-5,8-12,15H2,1-2H3/t20-/m0/s1. The number of benzene rings is 2. The Morgan fingerprint density at radius 2 is 1.86 bits per heavy atom. The zero-order chi connectivity index (χ0) is 20.4. The van der Waals surface area contributed by atoms with Crippen molar-refractivity contribution in [2.75, 3.05) is 19.8 Å². The molecule has 2 aromatic carbocycles. The second-order valence-corrected chi connectivity index (χ2v) is 8.06. The lowest BCUT2D eigenvalue weighted by molar-refractivity contribution is 0.155. The summed E-state index contributed by atoms with van der Waals surface area (Å²) in [5.41, 5.74) is 4.77. The number of aromatic hydroxyl groups is 2. The Labute approximate surface area is 172 Å². The minimum Gasteiger partial charge on any atom is -0.504 e. The molecular formula is C24H31NO4. The summed E-state index contributed by atoms with van der Waals surface area (Å²) < 4.78 is 11.7. The lowest BCUT2D eigenvalue weighted by Gasteiger charge is -2.42. The largest absolute Gasteiger partial charge is 0.504 e. The maximum Gasteiger partial charge on any atom is 0.165 e. The van der Waals surface area contributed by atoms with Crippen LogP contribution in [-0.4, -0.2) is 34.9 Å². The molecule has 0 radical (unpaired) electrons. The van der Waals surface area contributed by atoms with Gasteiger partial charge in [0.15, 0.2) is 23.0 Å². The van der Waals surface area contributed by atoms with E-state index in [-0.39, 0.29) is 17.5 Å². The fourth-order valence-electron chi connectivity index (χ4n) is 4.44. The number of ether oxygens (including phenoxy) is 2. The molecule has 2 aliphatic heterocycles. The van der Waals surface area contributed by atoms with Crippen molar-refractivity contribution in [2.24, 2.45) is 0 Å². The summed E-state index contributed by atoms with van der Waals surface area (Å²) in [6, 6.07) is 7.90. The second kappa shape index (κ2) is 8.54. The molecular weight excluding hydrogens is 366 g/mol. The van der Waals surface area contributed by atoms with E-state index in [2.05, 4.69) is 18.7 Å². The fourth-order valence-corrected chi connectivity index (χ4v) is 4.44. The topological polar surface area (TPSA) is 62.2 Å². The van der Waals surface area contributed by atoms with Crippen molar-refractivity contribution in [1.82, 2.24) is 4.90 Å². The Morgan fingerprint density at radius 1 is 1.00 bits per heavy atom. The maximum atomic E-state index is 10.5. The van der Waals surface area contributed by atoms with Crippen molar-refractivity contribution in [3.63, 3.8) is 0 Å². The summed E-state index contributed by atoms with van der Waals surface area (Å²) in [5, 5.41) is 20.9. The lowest BCUT2D eigenvalue weighted by Crippen LogP contribution is -2.39. The van der Waals surface area contributed by atoms with Crippen LogP contribution in [0.4, 0.5) is 0 Å². The first-order valence-electron chi connectivity index (χ1n) is 10.8. The van der Waals surface area contributed by atoms with Gasteiger partial charge in [0.2, 0.25) is 0 Å². The molecule has 1 atom stereocenters. The first kappa shape index (κ1) is 19.9. The molecule has 4 rings (SSSR count). The Bertz CT molecular complexity index is 880. The molecule has 2 aliphatic rings. The number of phenols is 2. The fraction of sp³-hybridized carbons (Fsp3) is 0.500. The monoisotopic (exact) mass is 397 g/mol. The molecule has 5 nitrogen and oxygen atoms in total. The van der Waals surface area contributed by atoms with Gasteiger partial charge in [-0.05, 0) is 60.6 Å². The van der Waals surface area contributed by atoms with E-state index < -0.39 is 0 Å². The van der Waals surface area contributed by atoms with Gasteiger partial charge in [-0.3, -0.25) is 4.90 Å². The summed E-state index contributed by atoms with van der Waals surface area (Å²) in [6.07, 6.45) is 4.73. The zero-order valence-corrected chi connectivity index (χ0v) is 17.4. The van der Waals surface area contributed by atoms with Crippen molar-refractivity contribution in [2.45, 2.75) is 58.5 Å². The summed E-state index contributed by atoms with van der Waals surface area (Å²) in [7, 11) is 0. The number of rotatable bonds is 7. The molecule has 2 aromatic rings. The van der Waals surface area contributed by atoms with Crippen LogP contribution in [0.5, 0.6) is 23.0 Å². The molecule has 0 aliphatic carbocycles. The van der Waals surface area contributed by atoms with Gasteiger partial charge in [-0.2, -0.15) is 0 Å². The van der Waals surface area contributed by atoms with Crippen molar-refractivity contribution in [3.05, 3.63) is 46.5 Å². The molecule has 0 bridgehead atoms. The average molecular weight is 398 g/mol. The van der Waals surface area contributed by atoms with E-state index in [9.17, 15) is 10.2 Å². The van der Waals surface area contributed by atoms with Gasteiger partial charge in [-0.15, -0.1) is 0 Å². The van der Waals surface area contributed by atoms with Gasteiger partial charge in [0.1, 0.15) is 0 Å². The summed E-state index contributed by atoms with van der Waals surface area (Å²) >= 11 is 0. The van der Waals surface area contributed by atoms with E-state index in [0.717, 1.165) is 50.8 Å². The first-order valence-corrected chi connectivity index (χ1v) is 10.8. The van der Waals surface area contributed by atoms with Crippen LogP contribution < -0.4 is 9.47 Å². The van der Waals surface area contributed by atoms with Gasteiger partial charge in [0.25, 0.3) is 0 Å². The van der Waals surface area contributed by atoms with Gasteiger partial charge in [-0.25, -0.2) is 0 Å².